The quantitative estimate of drug-likeness (QED) is 0.628. The average molecular weight is 367 g/mol. The van der Waals surface area contributed by atoms with E-state index in [1.54, 1.807) is 6.26 Å². The third-order valence-corrected chi connectivity index (χ3v) is 5.54. The lowest BCUT2D eigenvalue weighted by Crippen LogP contribution is -2.46. The summed E-state index contributed by atoms with van der Waals surface area (Å²) in [6.45, 7) is 7.26. The Morgan fingerprint density at radius 3 is 2.74 bits per heavy atom. The van der Waals surface area contributed by atoms with Crippen LogP contribution >= 0.6 is 0 Å². The molecule has 1 saturated heterocycles. The van der Waals surface area contributed by atoms with E-state index in [1.807, 2.05) is 19.2 Å². The SMILES string of the molecule is CN=C(NCc1coc(-c2ccc(C)cc2)n1)NC1CN(C2CC2)CC1C. The first-order valence-corrected chi connectivity index (χ1v) is 9.85. The van der Waals surface area contributed by atoms with Gasteiger partial charge < -0.3 is 15.1 Å². The summed E-state index contributed by atoms with van der Waals surface area (Å²) >= 11 is 0. The summed E-state index contributed by atoms with van der Waals surface area (Å²) in [7, 11) is 1.81. The molecule has 1 aliphatic carbocycles. The van der Waals surface area contributed by atoms with Crippen molar-refractivity contribution in [2.24, 2.45) is 10.9 Å². The van der Waals surface area contributed by atoms with E-state index >= 15 is 0 Å². The monoisotopic (exact) mass is 367 g/mol. The second kappa shape index (κ2) is 7.72. The van der Waals surface area contributed by atoms with Gasteiger partial charge in [-0.25, -0.2) is 4.98 Å². The van der Waals surface area contributed by atoms with Crippen LogP contribution in [0.5, 0.6) is 0 Å². The van der Waals surface area contributed by atoms with Crippen LogP contribution in [0.2, 0.25) is 0 Å². The highest BCUT2D eigenvalue weighted by atomic mass is 16.3. The highest BCUT2D eigenvalue weighted by molar-refractivity contribution is 5.80. The van der Waals surface area contributed by atoms with Crippen molar-refractivity contribution >= 4 is 5.96 Å². The normalized spacial score (nSPS) is 23.6. The molecule has 0 radical (unpaired) electrons. The molecule has 144 valence electrons. The molecule has 2 aliphatic rings. The maximum absolute atomic E-state index is 5.64. The highest BCUT2D eigenvalue weighted by Gasteiger charge is 2.38. The lowest BCUT2D eigenvalue weighted by molar-refractivity contribution is 0.315. The van der Waals surface area contributed by atoms with E-state index in [2.05, 4.69) is 51.5 Å². The summed E-state index contributed by atoms with van der Waals surface area (Å²) < 4.78 is 5.64. The van der Waals surface area contributed by atoms with Gasteiger partial charge in [0.2, 0.25) is 5.89 Å². The number of aliphatic imine (C=N–C) groups is 1. The van der Waals surface area contributed by atoms with E-state index in [9.17, 15) is 0 Å². The van der Waals surface area contributed by atoms with Gasteiger partial charge in [0.25, 0.3) is 0 Å². The molecule has 27 heavy (non-hydrogen) atoms. The van der Waals surface area contributed by atoms with E-state index < -0.39 is 0 Å². The van der Waals surface area contributed by atoms with Crippen molar-refractivity contribution in [1.29, 1.82) is 0 Å². The number of oxazole rings is 1. The number of nitrogens with zero attached hydrogens (tertiary/aromatic N) is 3. The fourth-order valence-corrected chi connectivity index (χ4v) is 3.69. The highest BCUT2D eigenvalue weighted by Crippen LogP contribution is 2.31. The first-order chi connectivity index (χ1) is 13.1. The standard InChI is InChI=1S/C21H29N5O/c1-14-4-6-16(7-5-14)20-24-17(13-27-20)10-23-21(22-3)25-19-12-26(11-15(19)2)18-8-9-18/h4-7,13,15,18-19H,8-12H2,1-3H3,(H2,22,23,25). The Bertz CT molecular complexity index is 793. The van der Waals surface area contributed by atoms with E-state index in [0.717, 1.165) is 29.8 Å². The van der Waals surface area contributed by atoms with Crippen molar-refractivity contribution < 1.29 is 4.42 Å². The van der Waals surface area contributed by atoms with Gasteiger partial charge >= 0.3 is 0 Å². The molecule has 2 fully saturated rings. The van der Waals surface area contributed by atoms with Gasteiger partial charge in [0, 0.05) is 37.8 Å². The zero-order valence-electron chi connectivity index (χ0n) is 16.4. The molecule has 6 heteroatoms. The molecule has 0 amide bonds. The topological polar surface area (TPSA) is 65.7 Å². The second-order valence-corrected chi connectivity index (χ2v) is 7.85. The molecule has 1 aliphatic heterocycles. The predicted molar refractivity (Wildman–Crippen MR) is 108 cm³/mol. The van der Waals surface area contributed by atoms with Crippen LogP contribution in [-0.2, 0) is 6.54 Å². The van der Waals surface area contributed by atoms with Crippen LogP contribution in [0.1, 0.15) is 31.0 Å². The first-order valence-electron chi connectivity index (χ1n) is 9.85. The summed E-state index contributed by atoms with van der Waals surface area (Å²) in [4.78, 5) is 11.6. The Morgan fingerprint density at radius 1 is 1.26 bits per heavy atom. The number of likely N-dealkylation sites (tertiary alicyclic amines) is 1. The second-order valence-electron chi connectivity index (χ2n) is 7.85. The van der Waals surface area contributed by atoms with Gasteiger partial charge in [-0.3, -0.25) is 9.89 Å². The van der Waals surface area contributed by atoms with Crippen molar-refractivity contribution in [3.8, 4) is 11.5 Å². The Labute approximate surface area is 161 Å². The summed E-state index contributed by atoms with van der Waals surface area (Å²) in [6.07, 6.45) is 4.44. The minimum Gasteiger partial charge on any atom is -0.444 e. The fourth-order valence-electron chi connectivity index (χ4n) is 3.69. The number of hydrogen-bond acceptors (Lipinski definition) is 4. The zero-order valence-corrected chi connectivity index (χ0v) is 16.4. The lowest BCUT2D eigenvalue weighted by atomic mass is 10.1. The van der Waals surface area contributed by atoms with Crippen molar-refractivity contribution in [3.05, 3.63) is 41.8 Å². The van der Waals surface area contributed by atoms with E-state index in [1.165, 1.54) is 24.9 Å². The maximum Gasteiger partial charge on any atom is 0.226 e. The maximum atomic E-state index is 5.64. The van der Waals surface area contributed by atoms with Crippen LogP contribution in [0.4, 0.5) is 0 Å². The van der Waals surface area contributed by atoms with Crippen LogP contribution in [0.15, 0.2) is 39.9 Å². The van der Waals surface area contributed by atoms with E-state index in [0.29, 0.717) is 24.4 Å². The largest absolute Gasteiger partial charge is 0.444 e. The van der Waals surface area contributed by atoms with Gasteiger partial charge in [0.1, 0.15) is 6.26 Å². The van der Waals surface area contributed by atoms with Gasteiger partial charge in [0.15, 0.2) is 5.96 Å². The number of aromatic nitrogens is 1. The van der Waals surface area contributed by atoms with Gasteiger partial charge in [-0.15, -0.1) is 0 Å². The minimum absolute atomic E-state index is 0.442. The van der Waals surface area contributed by atoms with Gasteiger partial charge in [-0.05, 0) is 37.8 Å². The Hall–Kier alpha value is -2.34. The molecule has 2 N–H and O–H groups in total. The molecule has 1 saturated carbocycles. The number of nitrogens with one attached hydrogen (secondary N) is 2. The van der Waals surface area contributed by atoms with E-state index in [4.69, 9.17) is 4.42 Å². The van der Waals surface area contributed by atoms with Gasteiger partial charge in [-0.1, -0.05) is 24.6 Å². The van der Waals surface area contributed by atoms with Crippen molar-refractivity contribution in [2.75, 3.05) is 20.1 Å². The smallest absolute Gasteiger partial charge is 0.226 e. The summed E-state index contributed by atoms with van der Waals surface area (Å²) in [5.74, 6) is 2.10. The first kappa shape index (κ1) is 18.0. The molecular weight excluding hydrogens is 338 g/mol. The molecule has 4 rings (SSSR count). The zero-order chi connectivity index (χ0) is 18.8. The lowest BCUT2D eigenvalue weighted by Gasteiger charge is -2.20. The van der Waals surface area contributed by atoms with Crippen LogP contribution in [0, 0.1) is 12.8 Å². The van der Waals surface area contributed by atoms with Crippen LogP contribution in [0.25, 0.3) is 11.5 Å². The number of rotatable bonds is 5. The van der Waals surface area contributed by atoms with Crippen LogP contribution < -0.4 is 10.6 Å². The molecular formula is C21H29N5O. The summed E-state index contributed by atoms with van der Waals surface area (Å²) in [5, 5.41) is 6.95. The molecule has 2 heterocycles. The molecule has 1 aromatic carbocycles. The van der Waals surface area contributed by atoms with Crippen molar-refractivity contribution in [1.82, 2.24) is 20.5 Å². The number of benzene rings is 1. The minimum atomic E-state index is 0.442. The summed E-state index contributed by atoms with van der Waals surface area (Å²) in [6, 6.07) is 9.47. The number of hydrogen-bond donors (Lipinski definition) is 2. The van der Waals surface area contributed by atoms with Crippen LogP contribution in [-0.4, -0.2) is 48.1 Å². The molecule has 1 aromatic heterocycles. The molecule has 6 nitrogen and oxygen atoms in total. The van der Waals surface area contributed by atoms with Crippen LogP contribution in [0.3, 0.4) is 0 Å². The van der Waals surface area contributed by atoms with Crippen molar-refractivity contribution in [3.63, 3.8) is 0 Å². The Morgan fingerprint density at radius 2 is 2.04 bits per heavy atom. The Balaban J connectivity index is 1.31. The number of guanidine groups is 1. The average Bonchev–Trinajstić information content (AvgIpc) is 3.31. The number of aryl methyl sites for hydroxylation is 1. The van der Waals surface area contributed by atoms with Crippen molar-refractivity contribution in [2.45, 2.75) is 45.3 Å². The van der Waals surface area contributed by atoms with E-state index in [-0.39, 0.29) is 0 Å². The molecule has 2 atom stereocenters. The molecule has 0 spiro atoms. The predicted octanol–water partition coefficient (Wildman–Crippen LogP) is 2.80. The Kier molecular flexibility index (Phi) is 5.16. The molecule has 2 unspecified atom stereocenters. The van der Waals surface area contributed by atoms with Gasteiger partial charge in [0.05, 0.1) is 12.2 Å². The molecule has 2 aromatic rings. The fraction of sp³-hybridized carbons (Fsp3) is 0.524. The molecule has 0 bridgehead atoms. The summed E-state index contributed by atoms with van der Waals surface area (Å²) in [5.41, 5.74) is 3.09. The van der Waals surface area contributed by atoms with Gasteiger partial charge in [-0.2, -0.15) is 0 Å². The third-order valence-electron chi connectivity index (χ3n) is 5.54. The third kappa shape index (κ3) is 4.33.